The Hall–Kier alpha value is -2.63. The third-order valence-corrected chi connectivity index (χ3v) is 4.49. The Labute approximate surface area is 153 Å². The van der Waals surface area contributed by atoms with E-state index in [9.17, 15) is 14.7 Å². The first kappa shape index (κ1) is 18.2. The van der Waals surface area contributed by atoms with Gasteiger partial charge in [-0.3, -0.25) is 9.48 Å². The number of carbonyl (C=O) groups excluding carboxylic acids is 1. The molecule has 0 aliphatic heterocycles. The van der Waals surface area contributed by atoms with Crippen LogP contribution in [-0.2, 0) is 16.8 Å². The van der Waals surface area contributed by atoms with Crippen LogP contribution >= 0.6 is 0 Å². The number of hydrogen-bond donors (Lipinski definition) is 2. The molecule has 1 aliphatic rings. The molecular formula is C20H25N3O3. The third kappa shape index (κ3) is 4.12. The van der Waals surface area contributed by atoms with Crippen LogP contribution in [0.2, 0.25) is 0 Å². The van der Waals surface area contributed by atoms with E-state index < -0.39 is 17.9 Å². The van der Waals surface area contributed by atoms with Gasteiger partial charge in [-0.05, 0) is 45.2 Å². The maximum atomic E-state index is 12.6. The van der Waals surface area contributed by atoms with E-state index in [-0.39, 0.29) is 17.7 Å². The first-order valence-corrected chi connectivity index (χ1v) is 8.94. The van der Waals surface area contributed by atoms with Crippen LogP contribution in [0.25, 0.3) is 0 Å². The van der Waals surface area contributed by atoms with E-state index >= 15 is 0 Å². The fraction of sp³-hybridized carbons (Fsp3) is 0.450. The molecule has 1 aromatic heterocycles. The lowest BCUT2D eigenvalue weighted by molar-refractivity contribution is -0.139. The smallest absolute Gasteiger partial charge is 0.326 e. The summed E-state index contributed by atoms with van der Waals surface area (Å²) in [6, 6.07) is 10.1. The summed E-state index contributed by atoms with van der Waals surface area (Å²) in [5.41, 5.74) is 1.96. The standard InChI is InChI=1S/C20H25N3O3/c1-20(2,3)23-17(14-9-10-14)12-15(22-23)18(24)21-16(19(25)26)11-13-7-5-4-6-8-13/h4-8,12,14,16H,9-11H2,1-3H3,(H,21,24)(H,25,26)/t16-/m0/s1. The van der Waals surface area contributed by atoms with Crippen LogP contribution < -0.4 is 5.32 Å². The number of hydrogen-bond acceptors (Lipinski definition) is 3. The van der Waals surface area contributed by atoms with Gasteiger partial charge in [0.25, 0.3) is 5.91 Å². The molecule has 2 N–H and O–H groups in total. The Bertz CT molecular complexity index is 801. The van der Waals surface area contributed by atoms with Crippen LogP contribution in [0, 0.1) is 0 Å². The number of nitrogens with zero attached hydrogens (tertiary/aromatic N) is 2. The SMILES string of the molecule is CC(C)(C)n1nc(C(=O)N[C@@H](Cc2ccccc2)C(=O)O)cc1C1CC1. The fourth-order valence-corrected chi connectivity index (χ4v) is 3.00. The number of rotatable bonds is 6. The summed E-state index contributed by atoms with van der Waals surface area (Å²) in [6.45, 7) is 6.13. The van der Waals surface area contributed by atoms with Crippen molar-refractivity contribution in [1.82, 2.24) is 15.1 Å². The second-order valence-electron chi connectivity index (χ2n) is 7.87. The molecule has 0 saturated heterocycles. The summed E-state index contributed by atoms with van der Waals surface area (Å²) in [5, 5.41) is 16.6. The third-order valence-electron chi connectivity index (χ3n) is 4.49. The van der Waals surface area contributed by atoms with Crippen LogP contribution in [-0.4, -0.2) is 32.8 Å². The molecule has 0 bridgehead atoms. The highest BCUT2D eigenvalue weighted by atomic mass is 16.4. The van der Waals surface area contributed by atoms with Gasteiger partial charge in [-0.15, -0.1) is 0 Å². The Morgan fingerprint density at radius 2 is 1.92 bits per heavy atom. The van der Waals surface area contributed by atoms with Crippen LogP contribution in [0.5, 0.6) is 0 Å². The first-order valence-electron chi connectivity index (χ1n) is 8.94. The van der Waals surface area contributed by atoms with E-state index in [4.69, 9.17) is 0 Å². The minimum absolute atomic E-state index is 0.229. The molecule has 1 atom stereocenters. The highest BCUT2D eigenvalue weighted by Gasteiger charge is 2.33. The van der Waals surface area contributed by atoms with Crippen molar-refractivity contribution in [3.8, 4) is 0 Å². The van der Waals surface area contributed by atoms with Crippen molar-refractivity contribution in [3.63, 3.8) is 0 Å². The molecule has 138 valence electrons. The van der Waals surface area contributed by atoms with Crippen LogP contribution in [0.15, 0.2) is 36.4 Å². The van der Waals surface area contributed by atoms with E-state index in [2.05, 4.69) is 10.4 Å². The molecule has 6 heteroatoms. The lowest BCUT2D eigenvalue weighted by Gasteiger charge is -2.22. The van der Waals surface area contributed by atoms with Crippen molar-refractivity contribution in [3.05, 3.63) is 53.3 Å². The van der Waals surface area contributed by atoms with Crippen molar-refractivity contribution in [2.75, 3.05) is 0 Å². The lowest BCUT2D eigenvalue weighted by Crippen LogP contribution is -2.42. The van der Waals surface area contributed by atoms with E-state index in [1.54, 1.807) is 6.07 Å². The molecule has 0 radical (unpaired) electrons. The van der Waals surface area contributed by atoms with Crippen LogP contribution in [0.1, 0.15) is 61.3 Å². The second-order valence-corrected chi connectivity index (χ2v) is 7.87. The van der Waals surface area contributed by atoms with E-state index in [1.165, 1.54) is 0 Å². The van der Waals surface area contributed by atoms with E-state index in [0.29, 0.717) is 5.92 Å². The number of carboxylic acid groups (broad SMARTS) is 1. The molecule has 2 aromatic rings. The summed E-state index contributed by atoms with van der Waals surface area (Å²) in [6.07, 6.45) is 2.44. The molecule has 6 nitrogen and oxygen atoms in total. The Morgan fingerprint density at radius 1 is 1.27 bits per heavy atom. The summed E-state index contributed by atoms with van der Waals surface area (Å²) < 4.78 is 1.90. The zero-order valence-corrected chi connectivity index (χ0v) is 15.4. The number of benzene rings is 1. The number of carbonyl (C=O) groups is 2. The Balaban J connectivity index is 1.78. The van der Waals surface area contributed by atoms with Gasteiger partial charge in [0.15, 0.2) is 0 Å². The van der Waals surface area contributed by atoms with Crippen LogP contribution in [0.4, 0.5) is 0 Å². The van der Waals surface area contributed by atoms with Crippen molar-refractivity contribution in [1.29, 1.82) is 0 Å². The molecule has 3 rings (SSSR count). The highest BCUT2D eigenvalue weighted by Crippen LogP contribution is 2.41. The molecule has 1 heterocycles. The first-order chi connectivity index (χ1) is 12.3. The molecule has 0 spiro atoms. The van der Waals surface area contributed by atoms with Gasteiger partial charge in [-0.2, -0.15) is 5.10 Å². The van der Waals surface area contributed by atoms with Crippen molar-refractivity contribution in [2.24, 2.45) is 0 Å². The molecule has 1 aliphatic carbocycles. The Morgan fingerprint density at radius 3 is 2.46 bits per heavy atom. The highest BCUT2D eigenvalue weighted by molar-refractivity contribution is 5.95. The zero-order chi connectivity index (χ0) is 18.9. The van der Waals surface area contributed by atoms with Crippen molar-refractivity contribution in [2.45, 2.75) is 57.5 Å². The number of carboxylic acids is 1. The Kier molecular flexibility index (Phi) is 4.85. The van der Waals surface area contributed by atoms with Gasteiger partial charge in [0.05, 0.1) is 5.54 Å². The summed E-state index contributed by atoms with van der Waals surface area (Å²) in [4.78, 5) is 24.2. The van der Waals surface area contributed by atoms with Gasteiger partial charge in [0, 0.05) is 18.0 Å². The zero-order valence-electron chi connectivity index (χ0n) is 15.4. The van der Waals surface area contributed by atoms with Gasteiger partial charge < -0.3 is 10.4 Å². The molecule has 1 aromatic carbocycles. The van der Waals surface area contributed by atoms with E-state index in [1.807, 2.05) is 55.8 Å². The second kappa shape index (κ2) is 6.94. The summed E-state index contributed by atoms with van der Waals surface area (Å²) in [7, 11) is 0. The molecule has 1 amide bonds. The predicted molar refractivity (Wildman–Crippen MR) is 98.2 cm³/mol. The summed E-state index contributed by atoms with van der Waals surface area (Å²) in [5.74, 6) is -1.05. The monoisotopic (exact) mass is 355 g/mol. The summed E-state index contributed by atoms with van der Waals surface area (Å²) >= 11 is 0. The van der Waals surface area contributed by atoms with Gasteiger partial charge in [0.2, 0.25) is 0 Å². The minimum Gasteiger partial charge on any atom is -0.480 e. The lowest BCUT2D eigenvalue weighted by atomic mass is 10.1. The normalized spacial score (nSPS) is 15.5. The van der Waals surface area contributed by atoms with Gasteiger partial charge in [-0.25, -0.2) is 4.79 Å². The maximum absolute atomic E-state index is 12.6. The predicted octanol–water partition coefficient (Wildman–Crippen LogP) is 2.94. The quantitative estimate of drug-likeness (QED) is 0.834. The molecule has 0 unspecified atom stereocenters. The topological polar surface area (TPSA) is 84.2 Å². The largest absolute Gasteiger partial charge is 0.480 e. The number of aliphatic carboxylic acids is 1. The molecule has 26 heavy (non-hydrogen) atoms. The molecular weight excluding hydrogens is 330 g/mol. The average molecular weight is 355 g/mol. The van der Waals surface area contributed by atoms with Gasteiger partial charge >= 0.3 is 5.97 Å². The fourth-order valence-electron chi connectivity index (χ4n) is 3.00. The van der Waals surface area contributed by atoms with Crippen molar-refractivity contribution < 1.29 is 14.7 Å². The maximum Gasteiger partial charge on any atom is 0.326 e. The number of aromatic nitrogens is 2. The van der Waals surface area contributed by atoms with Crippen molar-refractivity contribution >= 4 is 11.9 Å². The minimum atomic E-state index is -1.06. The average Bonchev–Trinajstić information content (AvgIpc) is 3.31. The molecule has 1 fully saturated rings. The van der Waals surface area contributed by atoms with Gasteiger partial charge in [0.1, 0.15) is 11.7 Å². The number of nitrogens with one attached hydrogen (secondary N) is 1. The van der Waals surface area contributed by atoms with Gasteiger partial charge in [-0.1, -0.05) is 30.3 Å². The number of amides is 1. The van der Waals surface area contributed by atoms with E-state index in [0.717, 1.165) is 24.1 Å². The van der Waals surface area contributed by atoms with Crippen LogP contribution in [0.3, 0.4) is 0 Å². The molecule has 1 saturated carbocycles.